The van der Waals surface area contributed by atoms with Crippen LogP contribution < -0.4 is 23.8 Å². The highest BCUT2D eigenvalue weighted by atomic mass is 32.2. The second-order valence-electron chi connectivity index (χ2n) is 9.38. The molecule has 10 nitrogen and oxygen atoms in total. The fourth-order valence-electron chi connectivity index (χ4n) is 4.03. The molecule has 0 radical (unpaired) electrons. The van der Waals surface area contributed by atoms with Gasteiger partial charge in [0, 0.05) is 19.2 Å². The Morgan fingerprint density at radius 1 is 1.05 bits per heavy atom. The van der Waals surface area contributed by atoms with Crippen molar-refractivity contribution in [2.75, 3.05) is 37.1 Å². The van der Waals surface area contributed by atoms with E-state index in [0.717, 1.165) is 9.87 Å². The Labute approximate surface area is 224 Å². The molecule has 0 fully saturated rings. The van der Waals surface area contributed by atoms with E-state index in [-0.39, 0.29) is 36.6 Å². The lowest BCUT2D eigenvalue weighted by Crippen LogP contribution is -2.52. The standard InChI is InChI=1S/C27H37N3O7S/c1-6-23(27(32)28-15-19(3)4)29(16-20-8-11-22(35-5)12-9-20)26(31)17-30(38(33,34)7-2)21-10-13-24-25(14-21)37-18-36-24/h8-14,19,23H,6-7,15-18H2,1-5H3,(H,28,32). The lowest BCUT2D eigenvalue weighted by molar-refractivity contribution is -0.140. The summed E-state index contributed by atoms with van der Waals surface area (Å²) < 4.78 is 43.3. The molecule has 38 heavy (non-hydrogen) atoms. The first-order valence-corrected chi connectivity index (χ1v) is 14.3. The Hall–Kier alpha value is -3.47. The van der Waals surface area contributed by atoms with Crippen LogP contribution in [0.25, 0.3) is 0 Å². The van der Waals surface area contributed by atoms with E-state index in [1.54, 1.807) is 37.4 Å². The maximum absolute atomic E-state index is 13.9. The Bertz CT molecular complexity index is 1220. The van der Waals surface area contributed by atoms with Crippen LogP contribution in [0.4, 0.5) is 5.69 Å². The first kappa shape index (κ1) is 29.1. The van der Waals surface area contributed by atoms with Gasteiger partial charge in [-0.2, -0.15) is 0 Å². The van der Waals surface area contributed by atoms with Crippen LogP contribution >= 0.6 is 0 Å². The third-order valence-corrected chi connectivity index (χ3v) is 7.95. The molecule has 2 aromatic rings. The van der Waals surface area contributed by atoms with Crippen molar-refractivity contribution in [2.45, 2.75) is 46.7 Å². The first-order chi connectivity index (χ1) is 18.1. The average molecular weight is 548 g/mol. The minimum Gasteiger partial charge on any atom is -0.497 e. The normalized spacial score (nSPS) is 13.2. The van der Waals surface area contributed by atoms with E-state index in [9.17, 15) is 18.0 Å². The number of amides is 2. The van der Waals surface area contributed by atoms with Crippen LogP contribution in [0.3, 0.4) is 0 Å². The molecule has 1 heterocycles. The van der Waals surface area contributed by atoms with Crippen LogP contribution in [-0.2, 0) is 26.2 Å². The molecule has 0 aliphatic carbocycles. The predicted octanol–water partition coefficient (Wildman–Crippen LogP) is 3.16. The van der Waals surface area contributed by atoms with E-state index in [4.69, 9.17) is 14.2 Å². The molecular formula is C27H37N3O7S. The molecule has 1 aliphatic rings. The van der Waals surface area contributed by atoms with Crippen LogP contribution in [-0.4, -0.2) is 63.9 Å². The number of nitrogens with zero attached hydrogens (tertiary/aromatic N) is 2. The SMILES string of the molecule is CCC(C(=O)NCC(C)C)N(Cc1ccc(OC)cc1)C(=O)CN(c1ccc2c(c1)OCO2)S(=O)(=O)CC. The zero-order valence-corrected chi connectivity index (χ0v) is 23.4. The van der Waals surface area contributed by atoms with Crippen molar-refractivity contribution in [3.63, 3.8) is 0 Å². The van der Waals surface area contributed by atoms with Gasteiger partial charge in [-0.25, -0.2) is 8.42 Å². The van der Waals surface area contributed by atoms with Crippen LogP contribution in [0, 0.1) is 5.92 Å². The van der Waals surface area contributed by atoms with Gasteiger partial charge < -0.3 is 24.4 Å². The van der Waals surface area contributed by atoms with Gasteiger partial charge in [0.25, 0.3) is 0 Å². The maximum Gasteiger partial charge on any atom is 0.244 e. The monoisotopic (exact) mass is 547 g/mol. The van der Waals surface area contributed by atoms with Gasteiger partial charge in [-0.1, -0.05) is 32.9 Å². The summed E-state index contributed by atoms with van der Waals surface area (Å²) in [7, 11) is -2.28. The molecule has 2 aromatic carbocycles. The Balaban J connectivity index is 1.95. The molecule has 208 valence electrons. The van der Waals surface area contributed by atoms with Gasteiger partial charge in [0.15, 0.2) is 11.5 Å². The van der Waals surface area contributed by atoms with E-state index < -0.39 is 28.5 Å². The largest absolute Gasteiger partial charge is 0.497 e. The number of benzene rings is 2. The molecule has 0 saturated heterocycles. The minimum atomic E-state index is -3.84. The van der Waals surface area contributed by atoms with Crippen molar-refractivity contribution in [1.29, 1.82) is 0 Å². The average Bonchev–Trinajstić information content (AvgIpc) is 3.38. The maximum atomic E-state index is 13.9. The Kier molecular flexibility index (Phi) is 9.84. The van der Waals surface area contributed by atoms with Gasteiger partial charge in [-0.05, 0) is 49.1 Å². The lowest BCUT2D eigenvalue weighted by atomic mass is 10.1. The molecule has 2 amide bonds. The number of rotatable bonds is 13. The Morgan fingerprint density at radius 2 is 1.74 bits per heavy atom. The topological polar surface area (TPSA) is 114 Å². The smallest absolute Gasteiger partial charge is 0.244 e. The zero-order chi connectivity index (χ0) is 27.9. The summed E-state index contributed by atoms with van der Waals surface area (Å²) in [5.74, 6) is 0.816. The number of carbonyl (C=O) groups excluding carboxylic acids is 2. The second-order valence-corrected chi connectivity index (χ2v) is 11.6. The van der Waals surface area contributed by atoms with Gasteiger partial charge in [0.2, 0.25) is 28.6 Å². The Morgan fingerprint density at radius 3 is 2.34 bits per heavy atom. The van der Waals surface area contributed by atoms with Crippen molar-refractivity contribution in [2.24, 2.45) is 5.92 Å². The van der Waals surface area contributed by atoms with E-state index in [1.165, 1.54) is 11.8 Å². The molecule has 0 bridgehead atoms. The lowest BCUT2D eigenvalue weighted by Gasteiger charge is -2.33. The number of nitrogens with one attached hydrogen (secondary N) is 1. The van der Waals surface area contributed by atoms with E-state index in [0.29, 0.717) is 30.2 Å². The first-order valence-electron chi connectivity index (χ1n) is 12.7. The number of hydrogen-bond acceptors (Lipinski definition) is 7. The number of ether oxygens (including phenoxy) is 3. The van der Waals surface area contributed by atoms with Crippen LogP contribution in [0.5, 0.6) is 17.2 Å². The molecule has 3 rings (SSSR count). The molecular weight excluding hydrogens is 510 g/mol. The number of sulfonamides is 1. The summed E-state index contributed by atoms with van der Waals surface area (Å²) in [4.78, 5) is 28.5. The van der Waals surface area contributed by atoms with Gasteiger partial charge in [0.05, 0.1) is 18.6 Å². The van der Waals surface area contributed by atoms with Gasteiger partial charge >= 0.3 is 0 Å². The highest BCUT2D eigenvalue weighted by Crippen LogP contribution is 2.36. The summed E-state index contributed by atoms with van der Waals surface area (Å²) in [5.41, 5.74) is 1.06. The summed E-state index contributed by atoms with van der Waals surface area (Å²) in [6, 6.07) is 11.1. The second kappa shape index (κ2) is 12.9. The zero-order valence-electron chi connectivity index (χ0n) is 22.6. The van der Waals surface area contributed by atoms with Gasteiger partial charge in [-0.15, -0.1) is 0 Å². The number of anilines is 1. The molecule has 1 N–H and O–H groups in total. The summed E-state index contributed by atoms with van der Waals surface area (Å²) in [5, 5.41) is 2.91. The third kappa shape index (κ3) is 7.09. The van der Waals surface area contributed by atoms with Gasteiger partial charge in [-0.3, -0.25) is 13.9 Å². The van der Waals surface area contributed by atoms with E-state index >= 15 is 0 Å². The molecule has 1 atom stereocenters. The quantitative estimate of drug-likeness (QED) is 0.410. The number of methoxy groups -OCH3 is 1. The van der Waals surface area contributed by atoms with Crippen molar-refractivity contribution < 1.29 is 32.2 Å². The van der Waals surface area contributed by atoms with Crippen LogP contribution in [0.2, 0.25) is 0 Å². The van der Waals surface area contributed by atoms with E-state index in [1.807, 2.05) is 32.9 Å². The van der Waals surface area contributed by atoms with Crippen molar-refractivity contribution >= 4 is 27.5 Å². The van der Waals surface area contributed by atoms with Crippen molar-refractivity contribution in [1.82, 2.24) is 10.2 Å². The highest BCUT2D eigenvalue weighted by Gasteiger charge is 2.33. The number of hydrogen-bond donors (Lipinski definition) is 1. The molecule has 0 spiro atoms. The number of fused-ring (bicyclic) bond motifs is 1. The highest BCUT2D eigenvalue weighted by molar-refractivity contribution is 7.92. The van der Waals surface area contributed by atoms with Crippen molar-refractivity contribution in [3.05, 3.63) is 48.0 Å². The van der Waals surface area contributed by atoms with Crippen molar-refractivity contribution in [3.8, 4) is 17.2 Å². The molecule has 1 unspecified atom stereocenters. The van der Waals surface area contributed by atoms with Crippen LogP contribution in [0.15, 0.2) is 42.5 Å². The summed E-state index contributed by atoms with van der Waals surface area (Å²) >= 11 is 0. The fourth-order valence-corrected chi connectivity index (χ4v) is 5.08. The molecule has 0 aromatic heterocycles. The fraction of sp³-hybridized carbons (Fsp3) is 0.481. The van der Waals surface area contributed by atoms with Gasteiger partial charge in [0.1, 0.15) is 18.3 Å². The number of carbonyl (C=O) groups is 2. The van der Waals surface area contributed by atoms with E-state index in [2.05, 4.69) is 5.32 Å². The molecule has 1 aliphatic heterocycles. The summed E-state index contributed by atoms with van der Waals surface area (Å²) in [6.45, 7) is 7.47. The molecule has 0 saturated carbocycles. The summed E-state index contributed by atoms with van der Waals surface area (Å²) in [6.07, 6.45) is 0.358. The third-order valence-electron chi connectivity index (χ3n) is 6.21. The molecule has 11 heteroatoms. The minimum absolute atomic E-state index is 0.0392. The predicted molar refractivity (Wildman–Crippen MR) is 145 cm³/mol. The van der Waals surface area contributed by atoms with Crippen LogP contribution in [0.1, 0.15) is 39.7 Å².